The molecule has 1 aliphatic carbocycles. The highest BCUT2D eigenvalue weighted by atomic mass is 31.2. The average Bonchev–Trinajstić information content (AvgIpc) is 3.53. The standard InChI is InChI=1S/C62H63O15P3/c63-57-58(67-41-49-25-9-1-10-26-49)60(75-78(64,69-43-51-29-13-3-14-30-51)70-44-52-31-15-4-16-32-52)62(77-80(66,73-47-55-37-21-7-22-38-55)74-48-56-39-23-8-24-40-56)61(59(57)68-42-50-27-11-2-12-28-50)76-79(65,71-45-53-33-17-5-18-34-53)72-46-54-35-19-6-20-36-54/h1-40,57-63H,41-48H2. The molecule has 4 unspecified atom stereocenters. The van der Waals surface area contributed by atoms with Gasteiger partial charge in [-0.25, -0.2) is 13.7 Å². The first-order valence-corrected chi connectivity index (χ1v) is 30.4. The number of phosphoric acid groups is 3. The molecule has 1 saturated carbocycles. The van der Waals surface area contributed by atoms with Crippen LogP contribution in [0.3, 0.4) is 0 Å². The number of hydrogen-bond acceptors (Lipinski definition) is 15. The van der Waals surface area contributed by atoms with Crippen molar-refractivity contribution in [3.05, 3.63) is 287 Å². The van der Waals surface area contributed by atoms with Gasteiger partial charge in [-0.05, 0) is 44.5 Å². The Bertz CT molecular complexity index is 2890. The van der Waals surface area contributed by atoms with Crippen LogP contribution in [0.2, 0.25) is 0 Å². The summed E-state index contributed by atoms with van der Waals surface area (Å²) in [5.41, 5.74) is 5.02. The van der Waals surface area contributed by atoms with Crippen molar-refractivity contribution in [3.8, 4) is 0 Å². The lowest BCUT2D eigenvalue weighted by Crippen LogP contribution is -2.66. The Labute approximate surface area is 467 Å². The lowest BCUT2D eigenvalue weighted by molar-refractivity contribution is -0.243. The summed E-state index contributed by atoms with van der Waals surface area (Å²) < 4.78 is 119. The van der Waals surface area contributed by atoms with Crippen LogP contribution < -0.4 is 0 Å². The molecule has 1 fully saturated rings. The zero-order valence-electron chi connectivity index (χ0n) is 43.7. The highest BCUT2D eigenvalue weighted by Gasteiger charge is 2.60. The van der Waals surface area contributed by atoms with Crippen LogP contribution in [0.15, 0.2) is 243 Å². The number of aliphatic hydroxyl groups excluding tert-OH is 1. The van der Waals surface area contributed by atoms with E-state index in [1.807, 2.05) is 97.1 Å². The lowest BCUT2D eigenvalue weighted by Gasteiger charge is -2.48. The minimum Gasteiger partial charge on any atom is -0.387 e. The maximum atomic E-state index is 16.0. The Morgan fingerprint density at radius 2 is 0.412 bits per heavy atom. The third-order valence-corrected chi connectivity index (χ3v) is 16.9. The first-order chi connectivity index (χ1) is 39.1. The van der Waals surface area contributed by atoms with Gasteiger partial charge in [0.05, 0.1) is 52.9 Å². The normalized spacial score (nSPS) is 18.7. The van der Waals surface area contributed by atoms with E-state index in [1.165, 1.54) is 0 Å². The van der Waals surface area contributed by atoms with E-state index in [0.717, 1.165) is 0 Å². The molecule has 0 spiro atoms. The Balaban J connectivity index is 1.21. The van der Waals surface area contributed by atoms with Crippen molar-refractivity contribution in [1.29, 1.82) is 0 Å². The van der Waals surface area contributed by atoms with Crippen LogP contribution >= 0.6 is 23.5 Å². The van der Waals surface area contributed by atoms with Crippen LogP contribution in [0.1, 0.15) is 44.5 Å². The third kappa shape index (κ3) is 17.7. The van der Waals surface area contributed by atoms with E-state index in [-0.39, 0.29) is 52.9 Å². The number of aliphatic hydroxyl groups is 1. The third-order valence-electron chi connectivity index (χ3n) is 12.7. The van der Waals surface area contributed by atoms with E-state index >= 15 is 13.7 Å². The number of ether oxygens (including phenoxy) is 2. The molecule has 416 valence electrons. The fourth-order valence-electron chi connectivity index (χ4n) is 8.53. The Morgan fingerprint density at radius 1 is 0.250 bits per heavy atom. The second-order valence-corrected chi connectivity index (χ2v) is 23.5. The zero-order valence-corrected chi connectivity index (χ0v) is 46.4. The summed E-state index contributed by atoms with van der Waals surface area (Å²) in [7, 11) is -14.9. The molecular formula is C62H63O15P3. The van der Waals surface area contributed by atoms with Gasteiger partial charge in [0.25, 0.3) is 0 Å². The molecule has 0 amide bonds. The van der Waals surface area contributed by atoms with Crippen molar-refractivity contribution >= 4 is 23.5 Å². The van der Waals surface area contributed by atoms with Crippen molar-refractivity contribution in [2.75, 3.05) is 0 Å². The van der Waals surface area contributed by atoms with Gasteiger partial charge in [-0.3, -0.25) is 40.7 Å². The Morgan fingerprint density at radius 3 is 0.600 bits per heavy atom. The van der Waals surface area contributed by atoms with E-state index in [9.17, 15) is 5.11 Å². The molecule has 0 aromatic heterocycles. The van der Waals surface area contributed by atoms with Crippen LogP contribution in [-0.2, 0) is 117 Å². The van der Waals surface area contributed by atoms with Gasteiger partial charge in [0.1, 0.15) is 36.6 Å². The smallest absolute Gasteiger partial charge is 0.387 e. The highest BCUT2D eigenvalue weighted by Crippen LogP contribution is 2.61. The molecule has 0 bridgehead atoms. The maximum absolute atomic E-state index is 16.0. The van der Waals surface area contributed by atoms with Crippen molar-refractivity contribution in [2.24, 2.45) is 0 Å². The van der Waals surface area contributed by atoms with Crippen molar-refractivity contribution in [2.45, 2.75) is 89.5 Å². The van der Waals surface area contributed by atoms with Crippen LogP contribution in [-0.4, -0.2) is 41.7 Å². The predicted molar refractivity (Wildman–Crippen MR) is 301 cm³/mol. The van der Waals surface area contributed by atoms with Crippen LogP contribution in [0.25, 0.3) is 0 Å². The molecule has 1 aliphatic rings. The molecule has 8 aromatic rings. The topological polar surface area (TPSA) is 173 Å². The summed E-state index contributed by atoms with van der Waals surface area (Å²) in [5.74, 6) is 0. The monoisotopic (exact) mass is 1140 g/mol. The summed E-state index contributed by atoms with van der Waals surface area (Å²) in [6, 6.07) is 72.0. The molecule has 0 radical (unpaired) electrons. The molecule has 1 N–H and O–H groups in total. The average molecular weight is 1140 g/mol. The minimum atomic E-state index is -5.00. The molecule has 0 saturated heterocycles. The molecule has 15 nitrogen and oxygen atoms in total. The highest BCUT2D eigenvalue weighted by molar-refractivity contribution is 7.49. The zero-order chi connectivity index (χ0) is 55.3. The lowest BCUT2D eigenvalue weighted by atomic mass is 9.84. The van der Waals surface area contributed by atoms with E-state index in [4.69, 9.17) is 50.2 Å². The largest absolute Gasteiger partial charge is 0.475 e. The second kappa shape index (κ2) is 29.6. The minimum absolute atomic E-state index is 0.155. The van der Waals surface area contributed by atoms with E-state index < -0.39 is 60.1 Å². The van der Waals surface area contributed by atoms with Gasteiger partial charge >= 0.3 is 23.5 Å². The van der Waals surface area contributed by atoms with E-state index in [1.54, 1.807) is 146 Å². The molecular weight excluding hydrogens is 1080 g/mol. The van der Waals surface area contributed by atoms with Crippen LogP contribution in [0.5, 0.6) is 0 Å². The van der Waals surface area contributed by atoms with Crippen molar-refractivity contribution < 1.29 is 69.0 Å². The summed E-state index contributed by atoms with van der Waals surface area (Å²) >= 11 is 0. The molecule has 0 aliphatic heterocycles. The number of rotatable bonds is 30. The number of hydrogen-bond donors (Lipinski definition) is 1. The molecule has 0 heterocycles. The van der Waals surface area contributed by atoms with Crippen LogP contribution in [0, 0.1) is 0 Å². The van der Waals surface area contributed by atoms with Gasteiger partial charge in [0, 0.05) is 0 Å². The van der Waals surface area contributed by atoms with Crippen LogP contribution in [0.4, 0.5) is 0 Å². The van der Waals surface area contributed by atoms with E-state index in [0.29, 0.717) is 44.5 Å². The van der Waals surface area contributed by atoms with E-state index in [2.05, 4.69) is 0 Å². The summed E-state index contributed by atoms with van der Waals surface area (Å²) in [6.07, 6.45) is -10.8. The van der Waals surface area contributed by atoms with Gasteiger partial charge < -0.3 is 14.6 Å². The van der Waals surface area contributed by atoms with Gasteiger partial charge in [-0.2, -0.15) is 0 Å². The SMILES string of the molecule is O=P(OCc1ccccc1)(OCc1ccccc1)OC1C(OCc2ccccc2)C(O)C(OCc2ccccc2)C(OP(=O)(OCc2ccccc2)OCc2ccccc2)C1OP(=O)(OCc1ccccc1)OCc1ccccc1. The van der Waals surface area contributed by atoms with Gasteiger partial charge in [-0.15, -0.1) is 0 Å². The molecule has 9 rings (SSSR count). The molecule has 80 heavy (non-hydrogen) atoms. The fraction of sp³-hybridized carbons (Fsp3) is 0.226. The van der Waals surface area contributed by atoms with Gasteiger partial charge in [0.2, 0.25) is 0 Å². The van der Waals surface area contributed by atoms with Crippen molar-refractivity contribution in [3.63, 3.8) is 0 Å². The fourth-order valence-corrected chi connectivity index (χ4v) is 12.6. The van der Waals surface area contributed by atoms with Crippen molar-refractivity contribution in [1.82, 2.24) is 0 Å². The predicted octanol–water partition coefficient (Wildman–Crippen LogP) is 14.3. The Hall–Kier alpha value is -6.03. The first-order valence-electron chi connectivity index (χ1n) is 26.1. The number of benzene rings is 8. The molecule has 4 atom stereocenters. The molecule has 18 heteroatoms. The quantitative estimate of drug-likeness (QED) is 0.0421. The van der Waals surface area contributed by atoms with Gasteiger partial charge in [-0.1, -0.05) is 243 Å². The maximum Gasteiger partial charge on any atom is 0.475 e. The summed E-state index contributed by atoms with van der Waals surface area (Å²) in [6.45, 7) is -2.00. The molecule has 8 aromatic carbocycles. The Kier molecular flexibility index (Phi) is 21.7. The summed E-state index contributed by atoms with van der Waals surface area (Å²) in [4.78, 5) is 0. The number of phosphoric ester groups is 3. The van der Waals surface area contributed by atoms with Gasteiger partial charge in [0.15, 0.2) is 0 Å². The summed E-state index contributed by atoms with van der Waals surface area (Å²) in [5, 5.41) is 13.1. The second-order valence-electron chi connectivity index (χ2n) is 18.6. The first kappa shape index (κ1) is 58.6.